The van der Waals surface area contributed by atoms with Crippen molar-refractivity contribution in [3.63, 3.8) is 0 Å². The lowest BCUT2D eigenvalue weighted by Gasteiger charge is -2.21. The number of esters is 4. The zero-order valence-electron chi connectivity index (χ0n) is 65.5. The Labute approximate surface area is 613 Å². The molecule has 0 aliphatic carbocycles. The Hall–Kier alpha value is -1.94. The van der Waals surface area contributed by atoms with Crippen LogP contribution in [0.25, 0.3) is 0 Å². The van der Waals surface area contributed by atoms with Gasteiger partial charge in [0.15, 0.2) is 12.2 Å². The van der Waals surface area contributed by atoms with E-state index < -0.39 is 97.5 Å². The fraction of sp³-hybridized carbons (Fsp3) is 0.951. The van der Waals surface area contributed by atoms with E-state index in [1.54, 1.807) is 0 Å². The molecule has 100 heavy (non-hydrogen) atoms. The standard InChI is InChI=1S/C81H158O17P2/c1-7-10-12-14-16-18-20-22-24-26-28-29-30-32-34-36-38-40-45-53-59-65-80(85)97-76(69-91-78(83)63-57-51-44-39-37-35-33-31-27-25-23-21-19-17-15-13-11-8-2)71-95-99(87,88)93-67-75(82)68-94-100(89,90)96-72-77(70-92-79(84)64-58-52-48-47-50-56-62-74(6)9-3)98-81(86)66-60-54-46-42-41-43-49-55-61-73(4)5/h73-77,82H,7-72H2,1-6H3,(H,87,88)(H,89,90)/t74?,75-,76-,77-/m1/s1. The van der Waals surface area contributed by atoms with E-state index in [-0.39, 0.29) is 25.7 Å². The van der Waals surface area contributed by atoms with Crippen LogP contribution in [-0.2, 0) is 65.4 Å². The van der Waals surface area contributed by atoms with Gasteiger partial charge in [0.1, 0.15) is 19.3 Å². The third-order valence-corrected chi connectivity index (χ3v) is 21.2. The summed E-state index contributed by atoms with van der Waals surface area (Å²) >= 11 is 0. The number of carbonyl (C=O) groups is 4. The van der Waals surface area contributed by atoms with Crippen molar-refractivity contribution in [3.8, 4) is 0 Å². The molecule has 0 bridgehead atoms. The zero-order chi connectivity index (χ0) is 73.5. The lowest BCUT2D eigenvalue weighted by atomic mass is 10.00. The third kappa shape index (κ3) is 73.0. The molecular weight excluding hydrogens is 1310 g/mol. The molecule has 0 amide bonds. The summed E-state index contributed by atoms with van der Waals surface area (Å²) < 4.78 is 68.7. The van der Waals surface area contributed by atoms with Crippen LogP contribution in [0.1, 0.15) is 427 Å². The quantitative estimate of drug-likeness (QED) is 0.0222. The lowest BCUT2D eigenvalue weighted by molar-refractivity contribution is -0.161. The number of aliphatic hydroxyl groups excluding tert-OH is 1. The number of aliphatic hydroxyl groups is 1. The van der Waals surface area contributed by atoms with E-state index in [1.165, 1.54) is 238 Å². The summed E-state index contributed by atoms with van der Waals surface area (Å²) in [4.78, 5) is 73.0. The largest absolute Gasteiger partial charge is 0.472 e. The van der Waals surface area contributed by atoms with E-state index in [1.807, 2.05) is 0 Å². The van der Waals surface area contributed by atoms with Crippen LogP contribution in [0.3, 0.4) is 0 Å². The second kappa shape index (κ2) is 72.6. The van der Waals surface area contributed by atoms with E-state index in [4.69, 9.17) is 37.0 Å². The summed E-state index contributed by atoms with van der Waals surface area (Å²) in [6.07, 6.45) is 62.7. The third-order valence-electron chi connectivity index (χ3n) is 19.3. The average Bonchev–Trinajstić information content (AvgIpc) is 0.923. The van der Waals surface area contributed by atoms with Crippen LogP contribution >= 0.6 is 15.6 Å². The van der Waals surface area contributed by atoms with E-state index in [2.05, 4.69) is 41.5 Å². The first-order chi connectivity index (χ1) is 48.4. The van der Waals surface area contributed by atoms with Crippen molar-refractivity contribution >= 4 is 39.5 Å². The molecule has 17 nitrogen and oxygen atoms in total. The molecule has 3 unspecified atom stereocenters. The van der Waals surface area contributed by atoms with Crippen molar-refractivity contribution in [1.82, 2.24) is 0 Å². The Morgan fingerprint density at radius 2 is 0.510 bits per heavy atom. The Morgan fingerprint density at radius 3 is 0.760 bits per heavy atom. The number of carbonyl (C=O) groups excluding carboxylic acids is 4. The van der Waals surface area contributed by atoms with Gasteiger partial charge in [-0.15, -0.1) is 0 Å². The Kier molecular flexibility index (Phi) is 71.2. The molecule has 0 spiro atoms. The molecule has 0 fully saturated rings. The smallest absolute Gasteiger partial charge is 0.462 e. The Balaban J connectivity index is 5.21. The Bertz CT molecular complexity index is 1930. The molecule has 0 rings (SSSR count). The van der Waals surface area contributed by atoms with Gasteiger partial charge < -0.3 is 33.8 Å². The summed E-state index contributed by atoms with van der Waals surface area (Å²) in [5.74, 6) is -0.664. The van der Waals surface area contributed by atoms with Gasteiger partial charge in [0, 0.05) is 25.7 Å². The first-order valence-corrected chi connectivity index (χ1v) is 45.0. The van der Waals surface area contributed by atoms with E-state index in [0.29, 0.717) is 25.7 Å². The van der Waals surface area contributed by atoms with Crippen molar-refractivity contribution in [3.05, 3.63) is 0 Å². The minimum Gasteiger partial charge on any atom is -0.462 e. The minimum atomic E-state index is -4.96. The van der Waals surface area contributed by atoms with E-state index in [0.717, 1.165) is 108 Å². The average molecular weight is 1470 g/mol. The van der Waals surface area contributed by atoms with Crippen LogP contribution in [0.15, 0.2) is 0 Å². The molecule has 0 saturated carbocycles. The molecule has 0 aliphatic heterocycles. The van der Waals surface area contributed by atoms with Gasteiger partial charge >= 0.3 is 39.5 Å². The SMILES string of the molecule is CCCCCCCCCCCCCCCCCCCCCCCC(=O)O[C@H](COC(=O)CCCCCCCCCCCCCCCCCCCC)COP(=O)(O)OC[C@@H](O)COP(=O)(O)OC[C@@H](COC(=O)CCCCCCCCC(C)CC)OC(=O)CCCCCCCCCCC(C)C. The van der Waals surface area contributed by atoms with Crippen molar-refractivity contribution in [2.24, 2.45) is 11.8 Å². The van der Waals surface area contributed by atoms with Gasteiger partial charge in [-0.05, 0) is 37.5 Å². The molecule has 0 radical (unpaired) electrons. The van der Waals surface area contributed by atoms with Gasteiger partial charge in [-0.3, -0.25) is 37.3 Å². The topological polar surface area (TPSA) is 237 Å². The van der Waals surface area contributed by atoms with Crippen LogP contribution in [-0.4, -0.2) is 96.7 Å². The highest BCUT2D eigenvalue weighted by Gasteiger charge is 2.30. The molecule has 0 heterocycles. The predicted octanol–water partition coefficient (Wildman–Crippen LogP) is 24.3. The number of hydrogen-bond donors (Lipinski definition) is 3. The number of unbranched alkanes of at least 4 members (excludes halogenated alkanes) is 49. The summed E-state index contributed by atoms with van der Waals surface area (Å²) in [6, 6.07) is 0. The van der Waals surface area contributed by atoms with Crippen LogP contribution < -0.4 is 0 Å². The van der Waals surface area contributed by atoms with Crippen LogP contribution in [0.2, 0.25) is 0 Å². The maximum absolute atomic E-state index is 13.1. The molecular formula is C81H158O17P2. The highest BCUT2D eigenvalue weighted by Crippen LogP contribution is 2.45. The van der Waals surface area contributed by atoms with Crippen molar-refractivity contribution in [1.29, 1.82) is 0 Å². The molecule has 0 aromatic heterocycles. The maximum atomic E-state index is 13.1. The number of ether oxygens (including phenoxy) is 4. The van der Waals surface area contributed by atoms with Crippen LogP contribution in [0.5, 0.6) is 0 Å². The van der Waals surface area contributed by atoms with E-state index in [9.17, 15) is 43.2 Å². The number of hydrogen-bond acceptors (Lipinski definition) is 15. The minimum absolute atomic E-state index is 0.104. The van der Waals surface area contributed by atoms with Gasteiger partial charge in [-0.25, -0.2) is 9.13 Å². The monoisotopic (exact) mass is 1470 g/mol. The van der Waals surface area contributed by atoms with Gasteiger partial charge in [-0.2, -0.15) is 0 Å². The van der Waals surface area contributed by atoms with Crippen LogP contribution in [0.4, 0.5) is 0 Å². The second-order valence-corrected chi connectivity index (χ2v) is 32.8. The molecule has 19 heteroatoms. The van der Waals surface area contributed by atoms with Crippen molar-refractivity contribution < 1.29 is 80.2 Å². The van der Waals surface area contributed by atoms with Gasteiger partial charge in [0.2, 0.25) is 0 Å². The summed E-state index contributed by atoms with van der Waals surface area (Å²) in [7, 11) is -9.92. The summed E-state index contributed by atoms with van der Waals surface area (Å²) in [5, 5.41) is 10.6. The molecule has 0 aromatic carbocycles. The lowest BCUT2D eigenvalue weighted by Crippen LogP contribution is -2.30. The van der Waals surface area contributed by atoms with Crippen molar-refractivity contribution in [2.75, 3.05) is 39.6 Å². The van der Waals surface area contributed by atoms with Crippen molar-refractivity contribution in [2.45, 2.75) is 445 Å². The molecule has 0 aromatic rings. The summed E-state index contributed by atoms with van der Waals surface area (Å²) in [6.45, 7) is 9.54. The van der Waals surface area contributed by atoms with Gasteiger partial charge in [-0.1, -0.05) is 375 Å². The maximum Gasteiger partial charge on any atom is 0.472 e. The molecule has 0 aliphatic rings. The molecule has 594 valence electrons. The first-order valence-electron chi connectivity index (χ1n) is 42.0. The zero-order valence-corrected chi connectivity index (χ0v) is 67.3. The fourth-order valence-electron chi connectivity index (χ4n) is 12.5. The number of phosphoric ester groups is 2. The normalized spacial score (nSPS) is 14.2. The number of phosphoric acid groups is 2. The molecule has 6 atom stereocenters. The second-order valence-electron chi connectivity index (χ2n) is 29.9. The van der Waals surface area contributed by atoms with Gasteiger partial charge in [0.05, 0.1) is 26.4 Å². The number of rotatable bonds is 80. The highest BCUT2D eigenvalue weighted by molar-refractivity contribution is 7.47. The predicted molar refractivity (Wildman–Crippen MR) is 409 cm³/mol. The van der Waals surface area contributed by atoms with Gasteiger partial charge in [0.25, 0.3) is 0 Å². The highest BCUT2D eigenvalue weighted by atomic mass is 31.2. The van der Waals surface area contributed by atoms with E-state index >= 15 is 0 Å². The van der Waals surface area contributed by atoms with Crippen LogP contribution in [0, 0.1) is 11.8 Å². The first kappa shape index (κ1) is 98.1. The molecule has 3 N–H and O–H groups in total. The summed E-state index contributed by atoms with van der Waals surface area (Å²) in [5.41, 5.74) is 0. The fourth-order valence-corrected chi connectivity index (χ4v) is 14.1. The Morgan fingerprint density at radius 1 is 0.290 bits per heavy atom. The molecule has 0 saturated heterocycles.